The number of hydrogen-bond acceptors (Lipinski definition) is 5. The first-order valence-electron chi connectivity index (χ1n) is 8.34. The van der Waals surface area contributed by atoms with Crippen LogP contribution in [0.4, 0.5) is 4.39 Å². The summed E-state index contributed by atoms with van der Waals surface area (Å²) in [5.74, 6) is -0.254. The van der Waals surface area contributed by atoms with Crippen molar-refractivity contribution >= 4 is 10.9 Å². The number of epoxide rings is 1. The standard InChI is InChI=1S/C17H23FN4O2/c1-17(2,20-16-14(24-16)13-9-19-6-7-23-13)15-11-5-4-10(18)8-12(11)22(3)21-15/h4-5,8,13-14,16,19-20H,6-7,9H2,1-3H3/t13-,14?,16?/m0/s1. The van der Waals surface area contributed by atoms with E-state index in [4.69, 9.17) is 9.47 Å². The van der Waals surface area contributed by atoms with Crippen LogP contribution in [0.3, 0.4) is 0 Å². The van der Waals surface area contributed by atoms with E-state index in [1.807, 2.05) is 7.05 Å². The Morgan fingerprint density at radius 2 is 2.25 bits per heavy atom. The molecule has 7 heteroatoms. The number of benzene rings is 1. The molecule has 6 nitrogen and oxygen atoms in total. The van der Waals surface area contributed by atoms with Crippen molar-refractivity contribution in [1.29, 1.82) is 0 Å². The van der Waals surface area contributed by atoms with Gasteiger partial charge in [-0.3, -0.25) is 10.00 Å². The maximum atomic E-state index is 13.5. The third-order valence-corrected chi connectivity index (χ3v) is 4.76. The summed E-state index contributed by atoms with van der Waals surface area (Å²) in [7, 11) is 1.83. The van der Waals surface area contributed by atoms with Crippen LogP contribution in [-0.2, 0) is 22.1 Å². The van der Waals surface area contributed by atoms with Crippen LogP contribution in [0.15, 0.2) is 18.2 Å². The molecule has 2 aliphatic heterocycles. The summed E-state index contributed by atoms with van der Waals surface area (Å²) in [6.07, 6.45) is 0.0912. The summed E-state index contributed by atoms with van der Waals surface area (Å²) in [4.78, 5) is 0. The van der Waals surface area contributed by atoms with Crippen LogP contribution < -0.4 is 10.6 Å². The van der Waals surface area contributed by atoms with Crippen LogP contribution in [0.2, 0.25) is 0 Å². The molecule has 0 amide bonds. The van der Waals surface area contributed by atoms with Gasteiger partial charge in [-0.15, -0.1) is 0 Å². The molecular formula is C17H23FN4O2. The second-order valence-corrected chi connectivity index (χ2v) is 7.04. The molecule has 1 aromatic heterocycles. The zero-order valence-electron chi connectivity index (χ0n) is 14.2. The third-order valence-electron chi connectivity index (χ3n) is 4.76. The van der Waals surface area contributed by atoms with Gasteiger partial charge in [-0.25, -0.2) is 4.39 Å². The quantitative estimate of drug-likeness (QED) is 0.824. The summed E-state index contributed by atoms with van der Waals surface area (Å²) >= 11 is 0. The molecule has 2 saturated heterocycles. The lowest BCUT2D eigenvalue weighted by atomic mass is 9.97. The molecule has 0 bridgehead atoms. The maximum Gasteiger partial charge on any atom is 0.138 e. The van der Waals surface area contributed by atoms with E-state index in [1.165, 1.54) is 12.1 Å². The van der Waals surface area contributed by atoms with Crippen LogP contribution in [-0.4, -0.2) is 47.9 Å². The first kappa shape index (κ1) is 16.0. The van der Waals surface area contributed by atoms with Crippen LogP contribution in [0, 0.1) is 5.82 Å². The molecule has 2 aromatic rings. The lowest BCUT2D eigenvalue weighted by Gasteiger charge is -2.25. The Morgan fingerprint density at radius 1 is 1.42 bits per heavy atom. The number of rotatable bonds is 4. The van der Waals surface area contributed by atoms with Crippen LogP contribution in [0.25, 0.3) is 10.9 Å². The number of halogens is 1. The van der Waals surface area contributed by atoms with E-state index in [9.17, 15) is 4.39 Å². The normalized spacial score (nSPS) is 27.6. The zero-order valence-corrected chi connectivity index (χ0v) is 14.2. The average Bonchev–Trinajstić information content (AvgIpc) is 3.23. The van der Waals surface area contributed by atoms with Gasteiger partial charge in [0.2, 0.25) is 0 Å². The molecule has 0 aliphatic carbocycles. The Bertz CT molecular complexity index is 754. The minimum Gasteiger partial charge on any atom is -0.373 e. The molecule has 0 saturated carbocycles. The van der Waals surface area contributed by atoms with Crippen LogP contribution >= 0.6 is 0 Å². The van der Waals surface area contributed by atoms with Crippen molar-refractivity contribution in [3.05, 3.63) is 29.7 Å². The highest BCUT2D eigenvalue weighted by atomic mass is 19.1. The smallest absolute Gasteiger partial charge is 0.138 e. The summed E-state index contributed by atoms with van der Waals surface area (Å²) in [6, 6.07) is 4.78. The van der Waals surface area contributed by atoms with Crippen molar-refractivity contribution in [2.75, 3.05) is 19.7 Å². The Kier molecular flexibility index (Phi) is 3.84. The van der Waals surface area contributed by atoms with Crippen molar-refractivity contribution in [2.24, 2.45) is 7.05 Å². The van der Waals surface area contributed by atoms with Crippen LogP contribution in [0.1, 0.15) is 19.5 Å². The van der Waals surface area contributed by atoms with Gasteiger partial charge in [0.05, 0.1) is 23.4 Å². The molecule has 130 valence electrons. The number of nitrogens with zero attached hydrogens (tertiary/aromatic N) is 2. The predicted molar refractivity (Wildman–Crippen MR) is 88.1 cm³/mol. The zero-order chi connectivity index (χ0) is 16.9. The van der Waals surface area contributed by atoms with E-state index >= 15 is 0 Å². The van der Waals surface area contributed by atoms with E-state index in [0.29, 0.717) is 0 Å². The van der Waals surface area contributed by atoms with Crippen molar-refractivity contribution in [3.8, 4) is 0 Å². The van der Waals surface area contributed by atoms with Gasteiger partial charge in [0.15, 0.2) is 0 Å². The summed E-state index contributed by atoms with van der Waals surface area (Å²) < 4.78 is 26.8. The maximum absolute atomic E-state index is 13.5. The topological polar surface area (TPSA) is 63.6 Å². The highest BCUT2D eigenvalue weighted by Crippen LogP contribution is 2.33. The van der Waals surface area contributed by atoms with Crippen molar-refractivity contribution < 1.29 is 13.9 Å². The fourth-order valence-corrected chi connectivity index (χ4v) is 3.44. The largest absolute Gasteiger partial charge is 0.373 e. The van der Waals surface area contributed by atoms with E-state index < -0.39 is 5.54 Å². The molecule has 2 fully saturated rings. The van der Waals surface area contributed by atoms with Crippen LogP contribution in [0.5, 0.6) is 0 Å². The molecule has 24 heavy (non-hydrogen) atoms. The Hall–Kier alpha value is -1.54. The summed E-state index contributed by atoms with van der Waals surface area (Å²) in [5.41, 5.74) is 1.27. The second-order valence-electron chi connectivity index (χ2n) is 7.04. The molecule has 2 aliphatic rings. The molecule has 0 radical (unpaired) electrons. The Labute approximate surface area is 140 Å². The summed E-state index contributed by atoms with van der Waals surface area (Å²) in [5, 5.41) is 12.4. The number of nitrogens with one attached hydrogen (secondary N) is 2. The highest BCUT2D eigenvalue weighted by Gasteiger charge is 2.49. The number of aryl methyl sites for hydroxylation is 1. The van der Waals surface area contributed by atoms with Gasteiger partial charge >= 0.3 is 0 Å². The van der Waals surface area contributed by atoms with Gasteiger partial charge in [-0.2, -0.15) is 5.10 Å². The van der Waals surface area contributed by atoms with E-state index in [-0.39, 0.29) is 24.3 Å². The molecule has 1 aromatic carbocycles. The molecule has 4 rings (SSSR count). The van der Waals surface area contributed by atoms with Gasteiger partial charge in [-0.05, 0) is 32.0 Å². The fourth-order valence-electron chi connectivity index (χ4n) is 3.44. The SMILES string of the molecule is Cn1nc(C(C)(C)NC2OC2[C@@H]2CNCCO2)c2ccc(F)cc21. The molecule has 2 unspecified atom stereocenters. The monoisotopic (exact) mass is 334 g/mol. The Balaban J connectivity index is 1.53. The number of aromatic nitrogens is 2. The fraction of sp³-hybridized carbons (Fsp3) is 0.588. The lowest BCUT2D eigenvalue weighted by molar-refractivity contribution is 0.0112. The number of morpholine rings is 1. The molecule has 3 heterocycles. The Morgan fingerprint density at radius 3 is 3.00 bits per heavy atom. The number of fused-ring (bicyclic) bond motifs is 1. The first-order valence-corrected chi connectivity index (χ1v) is 8.34. The van der Waals surface area contributed by atoms with Gasteiger partial charge in [0.1, 0.15) is 24.3 Å². The minimum atomic E-state index is -0.404. The van der Waals surface area contributed by atoms with Crippen molar-refractivity contribution in [2.45, 2.75) is 37.8 Å². The van der Waals surface area contributed by atoms with Crippen molar-refractivity contribution in [3.63, 3.8) is 0 Å². The van der Waals surface area contributed by atoms with E-state index in [1.54, 1.807) is 10.7 Å². The molecular weight excluding hydrogens is 311 g/mol. The van der Waals surface area contributed by atoms with E-state index in [2.05, 4.69) is 29.6 Å². The van der Waals surface area contributed by atoms with Gasteiger partial charge < -0.3 is 14.8 Å². The molecule has 2 N–H and O–H groups in total. The average molecular weight is 334 g/mol. The van der Waals surface area contributed by atoms with Gasteiger partial charge in [-0.1, -0.05) is 0 Å². The third kappa shape index (κ3) is 2.82. The summed E-state index contributed by atoms with van der Waals surface area (Å²) in [6.45, 7) is 6.56. The molecule has 3 atom stereocenters. The minimum absolute atomic E-state index is 0.0533. The number of ether oxygens (including phenoxy) is 2. The second kappa shape index (κ2) is 5.77. The van der Waals surface area contributed by atoms with Crippen molar-refractivity contribution in [1.82, 2.24) is 20.4 Å². The van der Waals surface area contributed by atoms with Gasteiger partial charge in [0, 0.05) is 25.5 Å². The predicted octanol–water partition coefficient (Wildman–Crippen LogP) is 1.25. The van der Waals surface area contributed by atoms with E-state index in [0.717, 1.165) is 36.3 Å². The van der Waals surface area contributed by atoms with Gasteiger partial charge in [0.25, 0.3) is 0 Å². The highest BCUT2D eigenvalue weighted by molar-refractivity contribution is 5.82. The number of hydrogen-bond donors (Lipinski definition) is 2. The lowest BCUT2D eigenvalue weighted by Crippen LogP contribution is -2.45. The first-order chi connectivity index (χ1) is 11.5. The molecule has 0 spiro atoms.